The first-order chi connectivity index (χ1) is 14.7. The quantitative estimate of drug-likeness (QED) is 0.613. The van der Waals surface area contributed by atoms with Crippen molar-refractivity contribution in [3.8, 4) is 0 Å². The van der Waals surface area contributed by atoms with Crippen molar-refractivity contribution in [2.24, 2.45) is 0 Å². The van der Waals surface area contributed by atoms with Crippen molar-refractivity contribution < 1.29 is 21.6 Å². The predicted octanol–water partition coefficient (Wildman–Crippen LogP) is 1.89. The molecule has 1 aromatic carbocycles. The molecular formula is C19H26N4O5S3. The van der Waals surface area contributed by atoms with E-state index in [1.807, 2.05) is 0 Å². The summed E-state index contributed by atoms with van der Waals surface area (Å²) in [6.07, 6.45) is 0. The Morgan fingerprint density at radius 1 is 1.03 bits per heavy atom. The van der Waals surface area contributed by atoms with Crippen LogP contribution < -0.4 is 4.72 Å². The summed E-state index contributed by atoms with van der Waals surface area (Å²) in [5.41, 5.74) is 0.633. The Balaban J connectivity index is 1.67. The molecule has 1 aliphatic heterocycles. The van der Waals surface area contributed by atoms with Crippen molar-refractivity contribution >= 4 is 43.2 Å². The Bertz CT molecular complexity index is 1110. The lowest BCUT2D eigenvalue weighted by molar-refractivity contribution is 0.0694. The topological polar surface area (TPSA) is 107 Å². The molecule has 0 bridgehead atoms. The fourth-order valence-electron chi connectivity index (χ4n) is 3.36. The maximum Gasteiger partial charge on any atom is 0.282 e. The van der Waals surface area contributed by atoms with Crippen LogP contribution >= 0.6 is 11.3 Å². The van der Waals surface area contributed by atoms with Crippen molar-refractivity contribution in [2.75, 3.05) is 44.0 Å². The SMILES string of the molecule is CCN(CC)S(=O)(=O)N1CCN(C(=O)c2cccc(NS(=O)(=O)c3cccs3)c2)CC1. The molecule has 2 heterocycles. The highest BCUT2D eigenvalue weighted by atomic mass is 32.2. The van der Waals surface area contributed by atoms with Crippen molar-refractivity contribution in [2.45, 2.75) is 18.1 Å². The van der Waals surface area contributed by atoms with E-state index in [0.29, 0.717) is 24.3 Å². The zero-order valence-corrected chi connectivity index (χ0v) is 19.8. The van der Waals surface area contributed by atoms with Crippen LogP contribution in [0.5, 0.6) is 0 Å². The van der Waals surface area contributed by atoms with Crippen LogP contribution in [-0.2, 0) is 20.2 Å². The third-order valence-corrected chi connectivity index (χ3v) is 9.97. The summed E-state index contributed by atoms with van der Waals surface area (Å²) >= 11 is 1.11. The Kier molecular flexibility index (Phi) is 7.37. The molecule has 31 heavy (non-hydrogen) atoms. The Morgan fingerprint density at radius 2 is 1.71 bits per heavy atom. The van der Waals surface area contributed by atoms with Crippen LogP contribution in [0, 0.1) is 0 Å². The molecule has 0 atom stereocenters. The zero-order valence-electron chi connectivity index (χ0n) is 17.4. The van der Waals surface area contributed by atoms with E-state index < -0.39 is 20.2 Å². The molecular weight excluding hydrogens is 460 g/mol. The minimum absolute atomic E-state index is 0.190. The smallest absolute Gasteiger partial charge is 0.282 e. The fourth-order valence-corrected chi connectivity index (χ4v) is 7.00. The summed E-state index contributed by atoms with van der Waals surface area (Å²) in [6, 6.07) is 9.46. The molecule has 1 aromatic heterocycles. The Hall–Kier alpha value is -1.99. The minimum atomic E-state index is -3.71. The summed E-state index contributed by atoms with van der Waals surface area (Å²) in [6.45, 7) is 5.35. The van der Waals surface area contributed by atoms with E-state index in [4.69, 9.17) is 0 Å². The van der Waals surface area contributed by atoms with E-state index in [9.17, 15) is 21.6 Å². The monoisotopic (exact) mass is 486 g/mol. The van der Waals surface area contributed by atoms with E-state index in [0.717, 1.165) is 11.3 Å². The van der Waals surface area contributed by atoms with Crippen LogP contribution in [0.2, 0.25) is 0 Å². The number of nitrogens with zero attached hydrogens (tertiary/aromatic N) is 3. The van der Waals surface area contributed by atoms with E-state index >= 15 is 0 Å². The van der Waals surface area contributed by atoms with Crippen molar-refractivity contribution in [1.82, 2.24) is 13.5 Å². The van der Waals surface area contributed by atoms with Crippen LogP contribution in [0.15, 0.2) is 46.0 Å². The van der Waals surface area contributed by atoms with Crippen LogP contribution in [0.4, 0.5) is 5.69 Å². The molecule has 0 spiro atoms. The van der Waals surface area contributed by atoms with Crippen molar-refractivity contribution in [3.05, 3.63) is 47.3 Å². The van der Waals surface area contributed by atoms with Crippen LogP contribution in [-0.4, -0.2) is 75.5 Å². The van der Waals surface area contributed by atoms with Gasteiger partial charge in [0.25, 0.3) is 26.1 Å². The molecule has 1 saturated heterocycles. The molecule has 1 N–H and O–H groups in total. The largest absolute Gasteiger partial charge is 0.336 e. The van der Waals surface area contributed by atoms with Crippen LogP contribution in [0.25, 0.3) is 0 Å². The van der Waals surface area contributed by atoms with E-state index in [-0.39, 0.29) is 36.3 Å². The number of piperazine rings is 1. The normalized spacial score (nSPS) is 15.9. The highest BCUT2D eigenvalue weighted by molar-refractivity contribution is 7.94. The summed E-state index contributed by atoms with van der Waals surface area (Å²) in [5, 5.41) is 1.68. The lowest BCUT2D eigenvalue weighted by atomic mass is 10.1. The number of thiophene rings is 1. The first-order valence-corrected chi connectivity index (χ1v) is 13.7. The number of amides is 1. The van der Waals surface area contributed by atoms with Gasteiger partial charge in [0, 0.05) is 50.5 Å². The maximum absolute atomic E-state index is 12.9. The minimum Gasteiger partial charge on any atom is -0.336 e. The van der Waals surface area contributed by atoms with E-state index in [2.05, 4.69) is 4.72 Å². The first kappa shape index (κ1) is 23.7. The molecule has 1 amide bonds. The fraction of sp³-hybridized carbons (Fsp3) is 0.421. The summed E-state index contributed by atoms with van der Waals surface area (Å²) < 4.78 is 55.6. The Morgan fingerprint density at radius 3 is 2.29 bits per heavy atom. The van der Waals surface area contributed by atoms with Gasteiger partial charge in [0.15, 0.2) is 0 Å². The van der Waals surface area contributed by atoms with E-state index in [1.54, 1.807) is 48.4 Å². The molecule has 9 nitrogen and oxygen atoms in total. The number of anilines is 1. The predicted molar refractivity (Wildman–Crippen MR) is 121 cm³/mol. The van der Waals surface area contributed by atoms with Gasteiger partial charge in [0.1, 0.15) is 4.21 Å². The molecule has 12 heteroatoms. The number of hydrogen-bond donors (Lipinski definition) is 1. The molecule has 1 fully saturated rings. The van der Waals surface area contributed by atoms with Gasteiger partial charge in [-0.1, -0.05) is 26.0 Å². The molecule has 1 aliphatic rings. The molecule has 3 rings (SSSR count). The number of benzene rings is 1. The van der Waals surface area contributed by atoms with Crippen LogP contribution in [0.1, 0.15) is 24.2 Å². The molecule has 2 aromatic rings. The van der Waals surface area contributed by atoms with E-state index in [1.165, 1.54) is 20.7 Å². The zero-order chi connectivity index (χ0) is 22.6. The van der Waals surface area contributed by atoms with Gasteiger partial charge >= 0.3 is 0 Å². The van der Waals surface area contributed by atoms with Gasteiger partial charge in [0.2, 0.25) is 0 Å². The number of carbonyl (C=O) groups is 1. The standard InChI is InChI=1S/C19H26N4O5S3/c1-3-22(4-2)31(27,28)23-12-10-21(11-13-23)19(24)16-7-5-8-17(15-16)20-30(25,26)18-9-6-14-29-18/h5-9,14-15,20H,3-4,10-13H2,1-2H3. The van der Waals surface area contributed by atoms with Crippen molar-refractivity contribution in [3.63, 3.8) is 0 Å². The van der Waals surface area contributed by atoms with Gasteiger partial charge in [-0.2, -0.15) is 17.0 Å². The van der Waals surface area contributed by atoms with Crippen LogP contribution in [0.3, 0.4) is 0 Å². The molecule has 170 valence electrons. The number of rotatable bonds is 8. The maximum atomic E-state index is 12.9. The second kappa shape index (κ2) is 9.65. The first-order valence-electron chi connectivity index (χ1n) is 9.90. The highest BCUT2D eigenvalue weighted by Crippen LogP contribution is 2.22. The summed E-state index contributed by atoms with van der Waals surface area (Å²) in [4.78, 5) is 14.5. The second-order valence-electron chi connectivity index (χ2n) is 6.90. The average Bonchev–Trinajstić information content (AvgIpc) is 3.30. The summed E-state index contributed by atoms with van der Waals surface area (Å²) in [7, 11) is -7.24. The lowest BCUT2D eigenvalue weighted by Gasteiger charge is -2.36. The molecule has 0 radical (unpaired) electrons. The number of hydrogen-bond acceptors (Lipinski definition) is 6. The number of nitrogens with one attached hydrogen (secondary N) is 1. The van der Waals surface area contributed by atoms with Gasteiger partial charge in [-0.15, -0.1) is 11.3 Å². The Labute approximate surface area is 187 Å². The third-order valence-electron chi connectivity index (χ3n) is 5.01. The second-order valence-corrected chi connectivity index (χ2v) is 11.7. The third kappa shape index (κ3) is 5.26. The molecule has 0 aliphatic carbocycles. The van der Waals surface area contributed by atoms with Gasteiger partial charge in [0.05, 0.1) is 0 Å². The summed E-state index contributed by atoms with van der Waals surface area (Å²) in [5.74, 6) is -0.267. The molecule has 0 unspecified atom stereocenters. The van der Waals surface area contributed by atoms with Gasteiger partial charge < -0.3 is 4.90 Å². The van der Waals surface area contributed by atoms with Crippen molar-refractivity contribution in [1.29, 1.82) is 0 Å². The van der Waals surface area contributed by atoms with Gasteiger partial charge in [-0.05, 0) is 29.6 Å². The number of carbonyl (C=O) groups excluding carboxylic acids is 1. The average molecular weight is 487 g/mol. The van der Waals surface area contributed by atoms with Gasteiger partial charge in [-0.3, -0.25) is 9.52 Å². The molecule has 0 saturated carbocycles. The van der Waals surface area contributed by atoms with Gasteiger partial charge in [-0.25, -0.2) is 8.42 Å². The number of sulfonamides is 1. The lowest BCUT2D eigenvalue weighted by Crippen LogP contribution is -2.54. The highest BCUT2D eigenvalue weighted by Gasteiger charge is 2.32.